The normalized spacial score (nSPS) is 16.5. The first-order valence-corrected chi connectivity index (χ1v) is 10.0. The van der Waals surface area contributed by atoms with Gasteiger partial charge in [-0.25, -0.2) is 4.79 Å². The largest absolute Gasteiger partial charge is 0.334 e. The van der Waals surface area contributed by atoms with Gasteiger partial charge in [0.15, 0.2) is 0 Å². The Morgan fingerprint density at radius 3 is 2.69 bits per heavy atom. The number of carbonyl (C=O) groups excluding carboxylic acids is 2. The van der Waals surface area contributed by atoms with E-state index in [2.05, 4.69) is 16.8 Å². The number of amides is 3. The molecule has 0 radical (unpaired) electrons. The van der Waals surface area contributed by atoms with Crippen molar-refractivity contribution < 1.29 is 9.59 Å². The van der Waals surface area contributed by atoms with E-state index in [1.807, 2.05) is 34.9 Å². The lowest BCUT2D eigenvalue weighted by molar-refractivity contribution is 0.0735. The van der Waals surface area contributed by atoms with Crippen molar-refractivity contribution in [3.8, 4) is 0 Å². The summed E-state index contributed by atoms with van der Waals surface area (Å²) >= 11 is 1.77. The summed E-state index contributed by atoms with van der Waals surface area (Å²) in [4.78, 5) is 30.6. The van der Waals surface area contributed by atoms with Crippen LogP contribution in [0.5, 0.6) is 0 Å². The second kappa shape index (κ2) is 7.11. The van der Waals surface area contributed by atoms with E-state index in [-0.39, 0.29) is 11.9 Å². The van der Waals surface area contributed by atoms with Gasteiger partial charge < -0.3 is 15.1 Å². The van der Waals surface area contributed by atoms with Crippen LogP contribution in [0.15, 0.2) is 29.6 Å². The number of hydrogen-bond donors (Lipinski definition) is 1. The van der Waals surface area contributed by atoms with E-state index in [9.17, 15) is 9.59 Å². The van der Waals surface area contributed by atoms with Crippen LogP contribution in [0.4, 0.5) is 10.5 Å². The number of anilines is 1. The second-order valence-electron chi connectivity index (χ2n) is 6.95. The molecule has 136 valence electrons. The molecular formula is C20H23N3O2S. The van der Waals surface area contributed by atoms with Crippen molar-refractivity contribution >= 4 is 29.0 Å². The molecule has 2 aromatic rings. The van der Waals surface area contributed by atoms with Crippen molar-refractivity contribution in [3.63, 3.8) is 0 Å². The summed E-state index contributed by atoms with van der Waals surface area (Å²) < 4.78 is 0. The summed E-state index contributed by atoms with van der Waals surface area (Å²) in [6.45, 7) is 4.94. The molecule has 3 amide bonds. The maximum atomic E-state index is 13.1. The van der Waals surface area contributed by atoms with Gasteiger partial charge in [0, 0.05) is 42.3 Å². The Balaban J connectivity index is 1.52. The number of rotatable bonds is 2. The smallest absolute Gasteiger partial charge is 0.321 e. The van der Waals surface area contributed by atoms with Gasteiger partial charge in [0.2, 0.25) is 0 Å². The monoisotopic (exact) mass is 369 g/mol. The minimum absolute atomic E-state index is 0.0385. The third kappa shape index (κ3) is 3.21. The zero-order valence-electron chi connectivity index (χ0n) is 15.0. The highest BCUT2D eigenvalue weighted by molar-refractivity contribution is 7.10. The number of thiophene rings is 1. The molecule has 0 unspecified atom stereocenters. The molecule has 3 heterocycles. The van der Waals surface area contributed by atoms with E-state index in [1.165, 1.54) is 10.4 Å². The van der Waals surface area contributed by atoms with Gasteiger partial charge in [0.05, 0.1) is 0 Å². The number of carbonyl (C=O) groups is 2. The fourth-order valence-electron chi connectivity index (χ4n) is 3.71. The van der Waals surface area contributed by atoms with Crippen LogP contribution in [-0.2, 0) is 13.0 Å². The second-order valence-corrected chi connectivity index (χ2v) is 7.95. The van der Waals surface area contributed by atoms with Crippen LogP contribution in [-0.4, -0.2) is 41.4 Å². The maximum Gasteiger partial charge on any atom is 0.321 e. The highest BCUT2D eigenvalue weighted by Crippen LogP contribution is 2.27. The molecule has 2 aliphatic rings. The Labute approximate surface area is 157 Å². The Kier molecular flexibility index (Phi) is 4.68. The van der Waals surface area contributed by atoms with Crippen LogP contribution in [0.3, 0.4) is 0 Å². The van der Waals surface area contributed by atoms with Crippen LogP contribution in [0, 0.1) is 6.92 Å². The Morgan fingerprint density at radius 2 is 1.88 bits per heavy atom. The molecule has 1 fully saturated rings. The van der Waals surface area contributed by atoms with Gasteiger partial charge in [-0.3, -0.25) is 4.79 Å². The zero-order chi connectivity index (χ0) is 18.1. The standard InChI is InChI=1S/C20H23N3O2S/c1-14-16(19(24)23-11-7-18-15(13-23)8-12-26-18)5-4-6-17(14)21-20(25)22-9-2-3-10-22/h4-6,8,12H,2-3,7,9-11,13H2,1H3,(H,21,25). The SMILES string of the molecule is Cc1c(NC(=O)N2CCCC2)cccc1C(=O)N1CCc2sccc2C1. The van der Waals surface area contributed by atoms with E-state index in [0.717, 1.165) is 50.1 Å². The first-order chi connectivity index (χ1) is 12.6. The summed E-state index contributed by atoms with van der Waals surface area (Å²) in [5.74, 6) is 0.0385. The first kappa shape index (κ1) is 17.1. The molecule has 0 spiro atoms. The van der Waals surface area contributed by atoms with Crippen LogP contribution < -0.4 is 5.32 Å². The first-order valence-electron chi connectivity index (χ1n) is 9.13. The van der Waals surface area contributed by atoms with E-state index in [4.69, 9.17) is 0 Å². The van der Waals surface area contributed by atoms with Gasteiger partial charge in [-0.2, -0.15) is 0 Å². The van der Waals surface area contributed by atoms with Gasteiger partial charge in [-0.15, -0.1) is 11.3 Å². The zero-order valence-corrected chi connectivity index (χ0v) is 15.8. The van der Waals surface area contributed by atoms with E-state index in [1.54, 1.807) is 11.3 Å². The van der Waals surface area contributed by atoms with E-state index in [0.29, 0.717) is 12.1 Å². The molecule has 4 rings (SSSR count). The van der Waals surface area contributed by atoms with Crippen molar-refractivity contribution in [1.82, 2.24) is 9.80 Å². The van der Waals surface area contributed by atoms with Crippen molar-refractivity contribution in [3.05, 3.63) is 51.2 Å². The number of benzene rings is 1. The van der Waals surface area contributed by atoms with Crippen molar-refractivity contribution in [2.75, 3.05) is 25.0 Å². The van der Waals surface area contributed by atoms with Crippen LogP contribution >= 0.6 is 11.3 Å². The molecule has 2 aliphatic heterocycles. The van der Waals surface area contributed by atoms with Crippen LogP contribution in [0.1, 0.15) is 39.2 Å². The summed E-state index contributed by atoms with van der Waals surface area (Å²) in [6.07, 6.45) is 3.04. The molecule has 1 aromatic carbocycles. The molecule has 1 saturated heterocycles. The Hall–Kier alpha value is -2.34. The van der Waals surface area contributed by atoms with Gasteiger partial charge in [-0.05, 0) is 60.9 Å². The van der Waals surface area contributed by atoms with Gasteiger partial charge in [-0.1, -0.05) is 6.07 Å². The predicted molar refractivity (Wildman–Crippen MR) is 104 cm³/mol. The fourth-order valence-corrected chi connectivity index (χ4v) is 4.60. The summed E-state index contributed by atoms with van der Waals surface area (Å²) in [6, 6.07) is 7.61. The Bertz CT molecular complexity index is 839. The third-order valence-corrected chi connectivity index (χ3v) is 6.32. The molecule has 0 bridgehead atoms. The van der Waals surface area contributed by atoms with Crippen LogP contribution in [0.25, 0.3) is 0 Å². The van der Waals surface area contributed by atoms with Gasteiger partial charge in [0.1, 0.15) is 0 Å². The number of hydrogen-bond acceptors (Lipinski definition) is 3. The topological polar surface area (TPSA) is 52.7 Å². The highest BCUT2D eigenvalue weighted by atomic mass is 32.1. The molecule has 0 aliphatic carbocycles. The van der Waals surface area contributed by atoms with Gasteiger partial charge >= 0.3 is 6.03 Å². The van der Waals surface area contributed by atoms with Crippen molar-refractivity contribution in [2.24, 2.45) is 0 Å². The highest BCUT2D eigenvalue weighted by Gasteiger charge is 2.25. The lowest BCUT2D eigenvalue weighted by Gasteiger charge is -2.28. The number of nitrogens with zero attached hydrogens (tertiary/aromatic N) is 2. The van der Waals surface area contributed by atoms with E-state index < -0.39 is 0 Å². The average Bonchev–Trinajstić information content (AvgIpc) is 3.34. The summed E-state index contributed by atoms with van der Waals surface area (Å²) in [5.41, 5.74) is 3.48. The van der Waals surface area contributed by atoms with E-state index >= 15 is 0 Å². The molecule has 26 heavy (non-hydrogen) atoms. The summed E-state index contributed by atoms with van der Waals surface area (Å²) in [7, 11) is 0. The lowest BCUT2D eigenvalue weighted by atomic mass is 10.0. The molecule has 6 heteroatoms. The minimum atomic E-state index is -0.0731. The predicted octanol–water partition coefficient (Wildman–Crippen LogP) is 3.88. The van der Waals surface area contributed by atoms with Crippen molar-refractivity contribution in [2.45, 2.75) is 32.7 Å². The lowest BCUT2D eigenvalue weighted by Crippen LogP contribution is -2.36. The molecule has 1 aromatic heterocycles. The Morgan fingerprint density at radius 1 is 1.08 bits per heavy atom. The third-order valence-electron chi connectivity index (χ3n) is 5.29. The van der Waals surface area contributed by atoms with Crippen LogP contribution in [0.2, 0.25) is 0 Å². The molecule has 1 N–H and O–H groups in total. The molecule has 0 saturated carbocycles. The number of likely N-dealkylation sites (tertiary alicyclic amines) is 1. The minimum Gasteiger partial charge on any atom is -0.334 e. The maximum absolute atomic E-state index is 13.1. The van der Waals surface area contributed by atoms with Crippen molar-refractivity contribution in [1.29, 1.82) is 0 Å². The number of urea groups is 1. The number of nitrogens with one attached hydrogen (secondary N) is 1. The fraction of sp³-hybridized carbons (Fsp3) is 0.400. The molecule has 0 atom stereocenters. The van der Waals surface area contributed by atoms with Gasteiger partial charge in [0.25, 0.3) is 5.91 Å². The number of fused-ring (bicyclic) bond motifs is 1. The summed E-state index contributed by atoms with van der Waals surface area (Å²) in [5, 5.41) is 5.08. The molecular weight excluding hydrogens is 346 g/mol. The average molecular weight is 369 g/mol. The quantitative estimate of drug-likeness (QED) is 0.873. The molecule has 5 nitrogen and oxygen atoms in total.